The highest BCUT2D eigenvalue weighted by molar-refractivity contribution is 6.21. The van der Waals surface area contributed by atoms with Gasteiger partial charge in [0.2, 0.25) is 0 Å². The van der Waals surface area contributed by atoms with Gasteiger partial charge in [0.1, 0.15) is 11.7 Å². The van der Waals surface area contributed by atoms with Crippen molar-refractivity contribution in [2.75, 3.05) is 13.2 Å². The summed E-state index contributed by atoms with van der Waals surface area (Å²) < 4.78 is 4.80. The van der Waals surface area contributed by atoms with Gasteiger partial charge in [-0.3, -0.25) is 24.1 Å². The fraction of sp³-hybridized carbons (Fsp3) is 0.412. The second-order valence-electron chi connectivity index (χ2n) is 5.35. The van der Waals surface area contributed by atoms with Gasteiger partial charge in [-0.15, -0.1) is 0 Å². The van der Waals surface area contributed by atoms with Crippen molar-refractivity contribution in [2.45, 2.75) is 26.7 Å². The first-order valence-electron chi connectivity index (χ1n) is 7.62. The van der Waals surface area contributed by atoms with Gasteiger partial charge < -0.3 is 4.74 Å². The summed E-state index contributed by atoms with van der Waals surface area (Å²) in [5, 5.41) is 0. The molecule has 1 aromatic rings. The average molecular weight is 317 g/mol. The van der Waals surface area contributed by atoms with Crippen molar-refractivity contribution in [3.8, 4) is 0 Å². The molecule has 0 saturated heterocycles. The second-order valence-corrected chi connectivity index (χ2v) is 5.35. The van der Waals surface area contributed by atoms with E-state index in [-0.39, 0.29) is 37.2 Å². The summed E-state index contributed by atoms with van der Waals surface area (Å²) in [5.41, 5.74) is 0.785. The van der Waals surface area contributed by atoms with E-state index in [1.165, 1.54) is 6.92 Å². The molecule has 0 N–H and O–H groups in total. The first-order chi connectivity index (χ1) is 11.0. The van der Waals surface area contributed by atoms with Crippen LogP contribution in [0.25, 0.3) is 0 Å². The number of rotatable bonds is 7. The number of amides is 2. The highest BCUT2D eigenvalue weighted by atomic mass is 16.5. The van der Waals surface area contributed by atoms with E-state index in [1.807, 2.05) is 0 Å². The van der Waals surface area contributed by atoms with Gasteiger partial charge in [0.05, 0.1) is 17.7 Å². The van der Waals surface area contributed by atoms with Gasteiger partial charge in [0.25, 0.3) is 11.8 Å². The summed E-state index contributed by atoms with van der Waals surface area (Å²) in [6.07, 6.45) is 0.446. The van der Waals surface area contributed by atoms with Crippen LogP contribution in [0.1, 0.15) is 47.4 Å². The van der Waals surface area contributed by atoms with Crippen LogP contribution in [0.5, 0.6) is 0 Å². The Hall–Kier alpha value is -2.50. The fourth-order valence-corrected chi connectivity index (χ4v) is 2.47. The van der Waals surface area contributed by atoms with Crippen LogP contribution in [0.15, 0.2) is 24.3 Å². The normalized spacial score (nSPS) is 14.6. The van der Waals surface area contributed by atoms with E-state index in [1.54, 1.807) is 31.2 Å². The minimum absolute atomic E-state index is 0.118. The Labute approximate surface area is 134 Å². The third kappa shape index (κ3) is 3.47. The molecule has 0 radical (unpaired) electrons. The maximum absolute atomic E-state index is 12.2. The molecule has 1 aromatic carbocycles. The van der Waals surface area contributed by atoms with Gasteiger partial charge in [-0.1, -0.05) is 12.1 Å². The third-order valence-electron chi connectivity index (χ3n) is 3.81. The van der Waals surface area contributed by atoms with Crippen molar-refractivity contribution in [2.24, 2.45) is 5.92 Å². The van der Waals surface area contributed by atoms with Crippen LogP contribution >= 0.6 is 0 Å². The number of fused-ring (bicyclic) bond motifs is 1. The number of imide groups is 1. The number of hydrogen-bond donors (Lipinski definition) is 0. The topological polar surface area (TPSA) is 80.8 Å². The van der Waals surface area contributed by atoms with Crippen LogP contribution < -0.4 is 0 Å². The Balaban J connectivity index is 1.88. The molecule has 23 heavy (non-hydrogen) atoms. The molecular formula is C17H19NO5. The molecule has 2 amide bonds. The second kappa shape index (κ2) is 7.17. The van der Waals surface area contributed by atoms with E-state index in [2.05, 4.69) is 0 Å². The fourth-order valence-electron chi connectivity index (χ4n) is 2.47. The molecule has 0 aliphatic carbocycles. The van der Waals surface area contributed by atoms with Gasteiger partial charge >= 0.3 is 5.97 Å². The zero-order chi connectivity index (χ0) is 17.0. The lowest BCUT2D eigenvalue weighted by Gasteiger charge is -2.14. The molecule has 1 heterocycles. The van der Waals surface area contributed by atoms with Crippen molar-refractivity contribution in [1.82, 2.24) is 4.90 Å². The molecule has 1 unspecified atom stereocenters. The zero-order valence-electron chi connectivity index (χ0n) is 13.2. The lowest BCUT2D eigenvalue weighted by atomic mass is 10.0. The van der Waals surface area contributed by atoms with Gasteiger partial charge in [-0.2, -0.15) is 0 Å². The minimum Gasteiger partial charge on any atom is -0.465 e. The molecule has 0 aromatic heterocycles. The number of esters is 1. The molecule has 0 bridgehead atoms. The van der Waals surface area contributed by atoms with Crippen LogP contribution in [-0.2, 0) is 14.3 Å². The van der Waals surface area contributed by atoms with E-state index in [0.29, 0.717) is 17.5 Å². The SMILES string of the molecule is CCOC(=O)C(C)C(=O)CCCN1C(=O)c2ccccc2C1=O. The van der Waals surface area contributed by atoms with Gasteiger partial charge in [-0.25, -0.2) is 0 Å². The number of ketones is 1. The summed E-state index contributed by atoms with van der Waals surface area (Å²) in [6, 6.07) is 6.64. The van der Waals surface area contributed by atoms with Crippen LogP contribution in [0.4, 0.5) is 0 Å². The molecule has 6 heteroatoms. The Morgan fingerprint density at radius 1 is 1.13 bits per heavy atom. The zero-order valence-corrected chi connectivity index (χ0v) is 13.2. The number of carbonyl (C=O) groups is 4. The predicted molar refractivity (Wildman–Crippen MR) is 81.8 cm³/mol. The Kier molecular flexibility index (Phi) is 5.26. The standard InChI is InChI=1S/C17H19NO5/c1-3-23-17(22)11(2)14(19)9-6-10-18-15(20)12-7-4-5-8-13(12)16(18)21/h4-5,7-8,11H,3,6,9-10H2,1-2H3. The van der Waals surface area contributed by atoms with Gasteiger partial charge in [-0.05, 0) is 32.4 Å². The first-order valence-corrected chi connectivity index (χ1v) is 7.62. The largest absolute Gasteiger partial charge is 0.465 e. The van der Waals surface area contributed by atoms with E-state index >= 15 is 0 Å². The maximum Gasteiger partial charge on any atom is 0.316 e. The molecule has 2 rings (SSSR count). The predicted octanol–water partition coefficient (Wildman–Crippen LogP) is 1.83. The summed E-state index contributed by atoms with van der Waals surface area (Å²) >= 11 is 0. The quantitative estimate of drug-likeness (QED) is 0.435. The molecule has 1 aliphatic heterocycles. The Morgan fingerprint density at radius 2 is 1.70 bits per heavy atom. The summed E-state index contributed by atoms with van der Waals surface area (Å²) in [5.74, 6) is -2.29. The maximum atomic E-state index is 12.2. The molecule has 1 aliphatic rings. The number of nitrogens with zero attached hydrogens (tertiary/aromatic N) is 1. The van der Waals surface area contributed by atoms with Gasteiger partial charge in [0.15, 0.2) is 0 Å². The molecular weight excluding hydrogens is 298 g/mol. The number of ether oxygens (including phenoxy) is 1. The van der Waals surface area contributed by atoms with Crippen molar-refractivity contribution in [3.05, 3.63) is 35.4 Å². The summed E-state index contributed by atoms with van der Waals surface area (Å²) in [7, 11) is 0. The lowest BCUT2D eigenvalue weighted by Crippen LogP contribution is -2.31. The number of carbonyl (C=O) groups excluding carboxylic acids is 4. The number of hydrogen-bond acceptors (Lipinski definition) is 5. The van der Waals surface area contributed by atoms with Crippen molar-refractivity contribution < 1.29 is 23.9 Å². The number of benzene rings is 1. The van der Waals surface area contributed by atoms with Crippen molar-refractivity contribution in [1.29, 1.82) is 0 Å². The smallest absolute Gasteiger partial charge is 0.316 e. The minimum atomic E-state index is -0.822. The third-order valence-corrected chi connectivity index (χ3v) is 3.81. The number of Topliss-reactive ketones (excluding diaryl/α,β-unsaturated/α-hetero) is 1. The van der Waals surface area contributed by atoms with Crippen LogP contribution in [-0.4, -0.2) is 41.6 Å². The first kappa shape index (κ1) is 16.9. The van der Waals surface area contributed by atoms with E-state index in [4.69, 9.17) is 4.74 Å². The molecule has 6 nitrogen and oxygen atoms in total. The van der Waals surface area contributed by atoms with Crippen LogP contribution in [0.3, 0.4) is 0 Å². The molecule has 0 fully saturated rings. The molecule has 122 valence electrons. The summed E-state index contributed by atoms with van der Waals surface area (Å²) in [4.78, 5) is 48.9. The molecule has 0 saturated carbocycles. The molecule has 0 spiro atoms. The highest BCUT2D eigenvalue weighted by Gasteiger charge is 2.34. The Morgan fingerprint density at radius 3 is 2.22 bits per heavy atom. The van der Waals surface area contributed by atoms with E-state index in [0.717, 1.165) is 4.90 Å². The van der Waals surface area contributed by atoms with Crippen LogP contribution in [0.2, 0.25) is 0 Å². The van der Waals surface area contributed by atoms with E-state index < -0.39 is 11.9 Å². The molecule has 1 atom stereocenters. The summed E-state index contributed by atoms with van der Waals surface area (Å²) in [6.45, 7) is 3.57. The van der Waals surface area contributed by atoms with E-state index in [9.17, 15) is 19.2 Å². The van der Waals surface area contributed by atoms with Gasteiger partial charge in [0, 0.05) is 13.0 Å². The van der Waals surface area contributed by atoms with Crippen molar-refractivity contribution >= 4 is 23.6 Å². The van der Waals surface area contributed by atoms with Crippen LogP contribution in [0, 0.1) is 5.92 Å². The monoisotopic (exact) mass is 317 g/mol. The highest BCUT2D eigenvalue weighted by Crippen LogP contribution is 2.22. The lowest BCUT2D eigenvalue weighted by molar-refractivity contribution is -0.150. The van der Waals surface area contributed by atoms with Crippen molar-refractivity contribution in [3.63, 3.8) is 0 Å². The Bertz CT molecular complexity index is 617. The average Bonchev–Trinajstić information content (AvgIpc) is 2.79.